The molecule has 0 aromatic carbocycles. The van der Waals surface area contributed by atoms with E-state index in [1.807, 2.05) is 13.1 Å². The Kier molecular flexibility index (Phi) is 5.08. The molecule has 0 bridgehead atoms. The molecule has 0 amide bonds. The second-order valence-corrected chi connectivity index (χ2v) is 4.30. The summed E-state index contributed by atoms with van der Waals surface area (Å²) < 4.78 is 0. The monoisotopic (exact) mass is 209 g/mol. The molecule has 0 aromatic rings. The van der Waals surface area contributed by atoms with Gasteiger partial charge in [0.1, 0.15) is 0 Å². The van der Waals surface area contributed by atoms with Crippen LogP contribution in [0.15, 0.2) is 23.7 Å². The Morgan fingerprint density at radius 2 is 2.00 bits per heavy atom. The summed E-state index contributed by atoms with van der Waals surface area (Å²) >= 11 is 0. The van der Waals surface area contributed by atoms with E-state index in [1.165, 1.54) is 32.1 Å². The van der Waals surface area contributed by atoms with E-state index in [-0.39, 0.29) is 0 Å². The van der Waals surface area contributed by atoms with Gasteiger partial charge < -0.3 is 16.8 Å². The van der Waals surface area contributed by atoms with Gasteiger partial charge in [-0.1, -0.05) is 32.1 Å². The van der Waals surface area contributed by atoms with Crippen molar-refractivity contribution in [2.45, 2.75) is 38.5 Å². The molecular weight excluding hydrogens is 186 g/mol. The minimum absolute atomic E-state index is 0.683. The van der Waals surface area contributed by atoms with Crippen molar-refractivity contribution < 1.29 is 0 Å². The molecule has 1 fully saturated rings. The average Bonchev–Trinajstić information content (AvgIpc) is 2.29. The number of rotatable bonds is 4. The Morgan fingerprint density at radius 3 is 2.53 bits per heavy atom. The number of hydrogen-bond donors (Lipinski definition) is 3. The molecule has 0 unspecified atom stereocenters. The topological polar surface area (TPSA) is 64.1 Å². The highest BCUT2D eigenvalue weighted by Gasteiger charge is 2.14. The van der Waals surface area contributed by atoms with Crippen LogP contribution in [0.2, 0.25) is 0 Å². The van der Waals surface area contributed by atoms with Crippen molar-refractivity contribution >= 4 is 0 Å². The number of allylic oxidation sites excluding steroid dienone is 2. The van der Waals surface area contributed by atoms with E-state index in [9.17, 15) is 0 Å². The molecule has 0 spiro atoms. The van der Waals surface area contributed by atoms with Gasteiger partial charge in [0.15, 0.2) is 0 Å². The number of nitrogens with two attached hydrogens (primary N) is 2. The first-order chi connectivity index (χ1) is 7.26. The van der Waals surface area contributed by atoms with Gasteiger partial charge in [0.25, 0.3) is 0 Å². The van der Waals surface area contributed by atoms with Crippen molar-refractivity contribution in [2.75, 3.05) is 7.05 Å². The van der Waals surface area contributed by atoms with Gasteiger partial charge in [-0.3, -0.25) is 0 Å². The fourth-order valence-corrected chi connectivity index (χ4v) is 2.17. The van der Waals surface area contributed by atoms with Crippen molar-refractivity contribution in [1.29, 1.82) is 0 Å². The van der Waals surface area contributed by atoms with Crippen molar-refractivity contribution in [3.8, 4) is 0 Å². The van der Waals surface area contributed by atoms with Gasteiger partial charge in [0.2, 0.25) is 0 Å². The summed E-state index contributed by atoms with van der Waals surface area (Å²) in [6.07, 6.45) is 11.5. The van der Waals surface area contributed by atoms with Crippen LogP contribution in [0.3, 0.4) is 0 Å². The highest BCUT2D eigenvalue weighted by Crippen LogP contribution is 2.28. The Bertz CT molecular complexity index is 237. The van der Waals surface area contributed by atoms with Gasteiger partial charge in [-0.25, -0.2) is 0 Å². The molecule has 1 aliphatic rings. The van der Waals surface area contributed by atoms with Crippen molar-refractivity contribution in [3.63, 3.8) is 0 Å². The molecule has 0 heterocycles. The van der Waals surface area contributed by atoms with Crippen molar-refractivity contribution in [2.24, 2.45) is 17.4 Å². The first-order valence-corrected chi connectivity index (χ1v) is 5.82. The molecule has 86 valence electrons. The Balaban J connectivity index is 2.46. The van der Waals surface area contributed by atoms with E-state index in [4.69, 9.17) is 11.5 Å². The van der Waals surface area contributed by atoms with Crippen LogP contribution in [0.1, 0.15) is 38.5 Å². The lowest BCUT2D eigenvalue weighted by atomic mass is 9.85. The largest absolute Gasteiger partial charge is 0.404 e. The molecule has 1 aliphatic carbocycles. The minimum Gasteiger partial charge on any atom is -0.404 e. The number of nitrogens with one attached hydrogen (secondary N) is 1. The van der Waals surface area contributed by atoms with E-state index < -0.39 is 0 Å². The molecular formula is C12H23N3. The van der Waals surface area contributed by atoms with Crippen LogP contribution >= 0.6 is 0 Å². The van der Waals surface area contributed by atoms with Gasteiger partial charge in [0, 0.05) is 7.05 Å². The van der Waals surface area contributed by atoms with Gasteiger partial charge in [-0.05, 0) is 30.2 Å². The van der Waals surface area contributed by atoms with Gasteiger partial charge in [-0.15, -0.1) is 0 Å². The minimum atomic E-state index is 0.683. The van der Waals surface area contributed by atoms with Crippen LogP contribution in [-0.4, -0.2) is 7.05 Å². The molecule has 3 heteroatoms. The van der Waals surface area contributed by atoms with Crippen LogP contribution in [0.4, 0.5) is 0 Å². The lowest BCUT2D eigenvalue weighted by molar-refractivity contribution is 0.357. The molecule has 1 rings (SSSR count). The molecule has 0 aromatic heterocycles. The SMILES string of the molecule is CNC(N)=CC(=CN)CC1CCCCC1. The molecule has 0 aliphatic heterocycles. The maximum Gasteiger partial charge on any atom is 0.0960 e. The first-order valence-electron chi connectivity index (χ1n) is 5.82. The third-order valence-corrected chi connectivity index (χ3v) is 3.09. The Morgan fingerprint density at radius 1 is 1.33 bits per heavy atom. The quantitative estimate of drug-likeness (QED) is 0.619. The second-order valence-electron chi connectivity index (χ2n) is 4.30. The van der Waals surface area contributed by atoms with E-state index in [0.29, 0.717) is 5.82 Å². The van der Waals surface area contributed by atoms with Crippen LogP contribution < -0.4 is 16.8 Å². The third-order valence-electron chi connectivity index (χ3n) is 3.09. The predicted octanol–water partition coefficient (Wildman–Crippen LogP) is 1.82. The highest BCUT2D eigenvalue weighted by molar-refractivity contribution is 5.21. The fourth-order valence-electron chi connectivity index (χ4n) is 2.17. The second kappa shape index (κ2) is 6.38. The maximum atomic E-state index is 5.71. The zero-order valence-electron chi connectivity index (χ0n) is 9.63. The third kappa shape index (κ3) is 4.28. The summed E-state index contributed by atoms with van der Waals surface area (Å²) in [5.41, 5.74) is 12.5. The lowest BCUT2D eigenvalue weighted by Crippen LogP contribution is -2.15. The van der Waals surface area contributed by atoms with Crippen LogP contribution in [-0.2, 0) is 0 Å². The van der Waals surface area contributed by atoms with E-state index in [1.54, 1.807) is 6.20 Å². The average molecular weight is 209 g/mol. The van der Waals surface area contributed by atoms with Crippen molar-refractivity contribution in [3.05, 3.63) is 23.7 Å². The highest BCUT2D eigenvalue weighted by atomic mass is 14.9. The maximum absolute atomic E-state index is 5.71. The summed E-state index contributed by atoms with van der Waals surface area (Å²) in [4.78, 5) is 0. The molecule has 5 N–H and O–H groups in total. The van der Waals surface area contributed by atoms with Crippen molar-refractivity contribution in [1.82, 2.24) is 5.32 Å². The summed E-state index contributed by atoms with van der Waals surface area (Å²) in [7, 11) is 1.82. The molecule has 0 saturated heterocycles. The van der Waals surface area contributed by atoms with Crippen LogP contribution in [0.5, 0.6) is 0 Å². The Labute approximate surface area is 92.6 Å². The van der Waals surface area contributed by atoms with Gasteiger partial charge in [0.05, 0.1) is 5.82 Å². The standard InChI is InChI=1S/C12H23N3/c1-15-12(14)8-11(9-13)7-10-5-3-2-4-6-10/h8-10,15H,2-7,13-14H2,1H3. The zero-order valence-corrected chi connectivity index (χ0v) is 9.63. The summed E-state index contributed by atoms with van der Waals surface area (Å²) in [5, 5.41) is 2.91. The van der Waals surface area contributed by atoms with Crippen LogP contribution in [0, 0.1) is 5.92 Å². The normalized spacial score (nSPS) is 20.3. The van der Waals surface area contributed by atoms with Gasteiger partial charge in [-0.2, -0.15) is 0 Å². The lowest BCUT2D eigenvalue weighted by Gasteiger charge is -2.21. The van der Waals surface area contributed by atoms with Crippen LogP contribution in [0.25, 0.3) is 0 Å². The predicted molar refractivity (Wildman–Crippen MR) is 64.8 cm³/mol. The molecule has 1 saturated carbocycles. The fraction of sp³-hybridized carbons (Fsp3) is 0.667. The first kappa shape index (κ1) is 12.0. The van der Waals surface area contributed by atoms with Gasteiger partial charge >= 0.3 is 0 Å². The molecule has 0 atom stereocenters. The summed E-state index contributed by atoms with van der Waals surface area (Å²) in [6.45, 7) is 0. The smallest absolute Gasteiger partial charge is 0.0960 e. The summed E-state index contributed by atoms with van der Waals surface area (Å²) in [6, 6.07) is 0. The van der Waals surface area contributed by atoms with E-state index in [2.05, 4.69) is 5.32 Å². The summed E-state index contributed by atoms with van der Waals surface area (Å²) in [5.74, 6) is 1.48. The molecule has 0 radical (unpaired) electrons. The molecule has 3 nitrogen and oxygen atoms in total. The Hall–Kier alpha value is -1.12. The number of hydrogen-bond acceptors (Lipinski definition) is 3. The van der Waals surface area contributed by atoms with E-state index >= 15 is 0 Å². The zero-order chi connectivity index (χ0) is 11.1. The van der Waals surface area contributed by atoms with E-state index in [0.717, 1.165) is 17.9 Å². The molecule has 15 heavy (non-hydrogen) atoms.